The van der Waals surface area contributed by atoms with Crippen LogP contribution in [0.25, 0.3) is 0 Å². The number of rotatable bonds is 7. The van der Waals surface area contributed by atoms with Crippen LogP contribution in [0, 0.1) is 0 Å². The van der Waals surface area contributed by atoms with Gasteiger partial charge >= 0.3 is 5.97 Å². The topological polar surface area (TPSA) is 77.9 Å². The standard InChI is InChI=1S/C12H17BrN2O4S/c1-14(2)7-8-15(9-12(16)17)20(18,19)11-6-4-3-5-10(11)13/h3-6H,7-9H2,1-2H3,(H,16,17). The molecular weight excluding hydrogens is 348 g/mol. The number of carboxylic acid groups (broad SMARTS) is 1. The minimum absolute atomic E-state index is 0.0695. The summed E-state index contributed by atoms with van der Waals surface area (Å²) in [5.41, 5.74) is 0. The van der Waals surface area contributed by atoms with Gasteiger partial charge in [-0.05, 0) is 42.2 Å². The third kappa shape index (κ3) is 4.55. The summed E-state index contributed by atoms with van der Waals surface area (Å²) >= 11 is 3.18. The first-order valence-electron chi connectivity index (χ1n) is 5.86. The van der Waals surface area contributed by atoms with Crippen LogP contribution < -0.4 is 0 Å². The number of nitrogens with zero attached hydrogens (tertiary/aromatic N) is 2. The summed E-state index contributed by atoms with van der Waals surface area (Å²) in [6.45, 7) is -0.00254. The molecule has 0 radical (unpaired) electrons. The summed E-state index contributed by atoms with van der Waals surface area (Å²) in [6, 6.07) is 6.36. The fraction of sp³-hybridized carbons (Fsp3) is 0.417. The molecule has 0 bridgehead atoms. The van der Waals surface area contributed by atoms with Crippen LogP contribution >= 0.6 is 15.9 Å². The average Bonchev–Trinajstić information content (AvgIpc) is 2.34. The van der Waals surface area contributed by atoms with Crippen molar-refractivity contribution in [1.82, 2.24) is 9.21 Å². The lowest BCUT2D eigenvalue weighted by atomic mass is 10.4. The molecule has 1 aromatic carbocycles. The first-order valence-corrected chi connectivity index (χ1v) is 8.09. The van der Waals surface area contributed by atoms with Crippen LogP contribution in [0.4, 0.5) is 0 Å². The maximum absolute atomic E-state index is 12.5. The molecule has 0 unspecified atom stereocenters. The summed E-state index contributed by atoms with van der Waals surface area (Å²) in [5.74, 6) is -1.18. The molecule has 0 spiro atoms. The number of hydrogen-bond acceptors (Lipinski definition) is 4. The van der Waals surface area contributed by atoms with Crippen molar-refractivity contribution in [3.63, 3.8) is 0 Å². The number of hydrogen-bond donors (Lipinski definition) is 1. The van der Waals surface area contributed by atoms with Crippen LogP contribution in [-0.2, 0) is 14.8 Å². The molecular formula is C12H17BrN2O4S. The van der Waals surface area contributed by atoms with Gasteiger partial charge in [0.1, 0.15) is 6.54 Å². The molecule has 1 N–H and O–H groups in total. The van der Waals surface area contributed by atoms with E-state index in [1.807, 2.05) is 0 Å². The number of carboxylic acids is 1. The van der Waals surface area contributed by atoms with Gasteiger partial charge in [0.15, 0.2) is 0 Å². The maximum Gasteiger partial charge on any atom is 0.318 e. The van der Waals surface area contributed by atoms with E-state index in [2.05, 4.69) is 15.9 Å². The lowest BCUT2D eigenvalue weighted by Crippen LogP contribution is -2.40. The van der Waals surface area contributed by atoms with Crippen LogP contribution in [0.1, 0.15) is 0 Å². The first kappa shape index (κ1) is 17.1. The molecule has 6 nitrogen and oxygen atoms in total. The second kappa shape index (κ2) is 7.16. The van der Waals surface area contributed by atoms with E-state index < -0.39 is 22.5 Å². The quantitative estimate of drug-likeness (QED) is 0.783. The van der Waals surface area contributed by atoms with E-state index in [0.717, 1.165) is 4.31 Å². The molecule has 1 rings (SSSR count). The lowest BCUT2D eigenvalue weighted by molar-refractivity contribution is -0.137. The van der Waals surface area contributed by atoms with Gasteiger partial charge in [-0.2, -0.15) is 4.31 Å². The fourth-order valence-electron chi connectivity index (χ4n) is 1.54. The van der Waals surface area contributed by atoms with E-state index in [-0.39, 0.29) is 11.4 Å². The summed E-state index contributed by atoms with van der Waals surface area (Å²) in [6.07, 6.45) is 0. The van der Waals surface area contributed by atoms with E-state index in [0.29, 0.717) is 11.0 Å². The Kier molecular flexibility index (Phi) is 6.12. The van der Waals surface area contributed by atoms with Gasteiger partial charge in [0.2, 0.25) is 10.0 Å². The molecule has 0 aliphatic rings. The fourth-order valence-corrected chi connectivity index (χ4v) is 3.88. The highest BCUT2D eigenvalue weighted by Crippen LogP contribution is 2.24. The largest absolute Gasteiger partial charge is 0.480 e. The Balaban J connectivity index is 3.10. The van der Waals surface area contributed by atoms with Gasteiger partial charge in [-0.25, -0.2) is 8.42 Å². The van der Waals surface area contributed by atoms with Gasteiger partial charge in [0.05, 0.1) is 4.90 Å². The van der Waals surface area contributed by atoms with Crippen LogP contribution in [0.5, 0.6) is 0 Å². The molecule has 0 heterocycles. The molecule has 0 fully saturated rings. The predicted molar refractivity (Wildman–Crippen MR) is 79.1 cm³/mol. The SMILES string of the molecule is CN(C)CCN(CC(=O)O)S(=O)(=O)c1ccccc1Br. The van der Waals surface area contributed by atoms with Crippen molar-refractivity contribution in [3.8, 4) is 0 Å². The molecule has 0 aromatic heterocycles. The Hall–Kier alpha value is -0.960. The Morgan fingerprint density at radius 1 is 1.25 bits per heavy atom. The Morgan fingerprint density at radius 3 is 2.35 bits per heavy atom. The molecule has 1 aromatic rings. The summed E-state index contributed by atoms with van der Waals surface area (Å²) in [4.78, 5) is 12.8. The Morgan fingerprint density at radius 2 is 1.85 bits per heavy atom. The number of likely N-dealkylation sites (N-methyl/N-ethyl adjacent to an activating group) is 1. The second-order valence-electron chi connectivity index (χ2n) is 4.47. The zero-order valence-corrected chi connectivity index (χ0v) is 13.7. The minimum atomic E-state index is -3.84. The minimum Gasteiger partial charge on any atom is -0.480 e. The molecule has 20 heavy (non-hydrogen) atoms. The van der Waals surface area contributed by atoms with E-state index in [1.165, 1.54) is 6.07 Å². The summed E-state index contributed by atoms with van der Waals surface area (Å²) in [7, 11) is -0.252. The van der Waals surface area contributed by atoms with E-state index in [4.69, 9.17) is 5.11 Å². The molecule has 0 saturated heterocycles. The molecule has 0 amide bonds. The molecule has 8 heteroatoms. The Bertz CT molecular complexity index is 575. The van der Waals surface area contributed by atoms with Gasteiger partial charge in [0.25, 0.3) is 0 Å². The van der Waals surface area contributed by atoms with Crippen LogP contribution in [0.3, 0.4) is 0 Å². The van der Waals surface area contributed by atoms with Crippen molar-refractivity contribution in [2.75, 3.05) is 33.7 Å². The lowest BCUT2D eigenvalue weighted by Gasteiger charge is -2.22. The molecule has 0 saturated carbocycles. The molecule has 0 aliphatic heterocycles. The average molecular weight is 365 g/mol. The summed E-state index contributed by atoms with van der Waals surface area (Å²) in [5, 5.41) is 8.90. The van der Waals surface area contributed by atoms with Gasteiger partial charge < -0.3 is 10.0 Å². The number of sulfonamides is 1. The third-order valence-electron chi connectivity index (χ3n) is 2.56. The van der Waals surface area contributed by atoms with Gasteiger partial charge in [-0.15, -0.1) is 0 Å². The Labute approximate surface area is 127 Å². The smallest absolute Gasteiger partial charge is 0.318 e. The van der Waals surface area contributed by atoms with Crippen molar-refractivity contribution >= 4 is 31.9 Å². The normalized spacial score (nSPS) is 12.1. The van der Waals surface area contributed by atoms with Gasteiger partial charge in [0, 0.05) is 17.6 Å². The third-order valence-corrected chi connectivity index (χ3v) is 5.42. The van der Waals surface area contributed by atoms with E-state index in [9.17, 15) is 13.2 Å². The summed E-state index contributed by atoms with van der Waals surface area (Å²) < 4.78 is 26.4. The van der Waals surface area contributed by atoms with Crippen molar-refractivity contribution in [2.24, 2.45) is 0 Å². The van der Waals surface area contributed by atoms with Gasteiger partial charge in [-0.3, -0.25) is 4.79 Å². The number of aliphatic carboxylic acids is 1. The highest BCUT2D eigenvalue weighted by Gasteiger charge is 2.27. The molecule has 112 valence electrons. The number of halogens is 1. The predicted octanol–water partition coefficient (Wildman–Crippen LogP) is 1.09. The van der Waals surface area contributed by atoms with Crippen LogP contribution in [0.2, 0.25) is 0 Å². The number of benzene rings is 1. The number of carbonyl (C=O) groups is 1. The molecule has 0 atom stereocenters. The van der Waals surface area contributed by atoms with Crippen LogP contribution in [-0.4, -0.2) is 62.4 Å². The maximum atomic E-state index is 12.5. The van der Waals surface area contributed by atoms with E-state index in [1.54, 1.807) is 37.2 Å². The highest BCUT2D eigenvalue weighted by atomic mass is 79.9. The second-order valence-corrected chi connectivity index (χ2v) is 7.23. The van der Waals surface area contributed by atoms with Gasteiger partial charge in [-0.1, -0.05) is 12.1 Å². The van der Waals surface area contributed by atoms with Crippen molar-refractivity contribution in [1.29, 1.82) is 0 Å². The van der Waals surface area contributed by atoms with Crippen molar-refractivity contribution < 1.29 is 18.3 Å². The van der Waals surface area contributed by atoms with Crippen LogP contribution in [0.15, 0.2) is 33.6 Å². The highest BCUT2D eigenvalue weighted by molar-refractivity contribution is 9.10. The van der Waals surface area contributed by atoms with Crippen molar-refractivity contribution in [2.45, 2.75) is 4.90 Å². The zero-order valence-electron chi connectivity index (χ0n) is 11.3. The molecule has 0 aliphatic carbocycles. The monoisotopic (exact) mass is 364 g/mol. The zero-order chi connectivity index (χ0) is 15.3. The first-order chi connectivity index (χ1) is 9.25. The van der Waals surface area contributed by atoms with E-state index >= 15 is 0 Å². The van der Waals surface area contributed by atoms with Crippen molar-refractivity contribution in [3.05, 3.63) is 28.7 Å².